The van der Waals surface area contributed by atoms with Gasteiger partial charge in [0.25, 0.3) is 0 Å². The number of hydrogen-bond donors (Lipinski definition) is 1. The van der Waals surface area contributed by atoms with E-state index in [4.69, 9.17) is 0 Å². The van der Waals surface area contributed by atoms with Crippen molar-refractivity contribution in [1.82, 2.24) is 0 Å². The van der Waals surface area contributed by atoms with Crippen LogP contribution in [0.2, 0.25) is 0 Å². The molecular formula is C10H6O4S. The molecule has 5 heteroatoms. The van der Waals surface area contributed by atoms with Crippen molar-refractivity contribution >= 4 is 22.3 Å². The largest absolute Gasteiger partial charge is 0.289 e. The summed E-state index contributed by atoms with van der Waals surface area (Å²) in [6.45, 7) is 0. The first-order valence-electron chi connectivity index (χ1n) is 4.15. The Morgan fingerprint density at radius 2 is 1.47 bits per heavy atom. The van der Waals surface area contributed by atoms with E-state index in [0.29, 0.717) is 0 Å². The second-order valence-electron chi connectivity index (χ2n) is 3.05. The molecule has 4 nitrogen and oxygen atoms in total. The molecule has 0 heterocycles. The molecule has 1 aliphatic rings. The summed E-state index contributed by atoms with van der Waals surface area (Å²) >= 11 is 0. The molecule has 15 heavy (non-hydrogen) atoms. The third-order valence-electron chi connectivity index (χ3n) is 2.13. The number of hydrogen-bond acceptors (Lipinski definition) is 4. The van der Waals surface area contributed by atoms with Crippen molar-refractivity contribution in [2.75, 3.05) is 0 Å². The zero-order chi connectivity index (χ0) is 11.0. The minimum atomic E-state index is -2.73. The van der Waals surface area contributed by atoms with Gasteiger partial charge in [-0.15, -0.1) is 0 Å². The van der Waals surface area contributed by atoms with E-state index >= 15 is 0 Å². The van der Waals surface area contributed by atoms with Crippen molar-refractivity contribution in [2.45, 2.75) is 4.90 Å². The van der Waals surface area contributed by atoms with Gasteiger partial charge in [0.15, 0.2) is 22.3 Å². The van der Waals surface area contributed by atoms with Gasteiger partial charge in [-0.25, -0.2) is 8.42 Å². The summed E-state index contributed by atoms with van der Waals surface area (Å²) in [5, 5.41) is 0. The number of ketones is 2. The van der Waals surface area contributed by atoms with Gasteiger partial charge in [-0.3, -0.25) is 9.59 Å². The summed E-state index contributed by atoms with van der Waals surface area (Å²) < 4.78 is 21.4. The standard InChI is InChI=1S/C10H6O4S/c11-9-3-4-10(12)8-5-6(15(13)14)1-2-7(8)9/h1-5,15H. The molecule has 0 aromatic heterocycles. The smallest absolute Gasteiger partial charge is 0.186 e. The summed E-state index contributed by atoms with van der Waals surface area (Å²) in [7, 11) is -2.73. The van der Waals surface area contributed by atoms with Crippen molar-refractivity contribution < 1.29 is 18.0 Å². The highest BCUT2D eigenvalue weighted by Gasteiger charge is 2.19. The lowest BCUT2D eigenvalue weighted by atomic mass is 9.95. The number of carbonyl (C=O) groups excluding carboxylic acids is 2. The third-order valence-corrected chi connectivity index (χ3v) is 2.83. The topological polar surface area (TPSA) is 68.3 Å². The summed E-state index contributed by atoms with van der Waals surface area (Å²) in [5.74, 6) is -0.624. The van der Waals surface area contributed by atoms with Crippen molar-refractivity contribution in [1.29, 1.82) is 0 Å². The van der Waals surface area contributed by atoms with Crippen LogP contribution in [-0.4, -0.2) is 20.0 Å². The van der Waals surface area contributed by atoms with E-state index in [1.807, 2.05) is 0 Å². The van der Waals surface area contributed by atoms with Crippen molar-refractivity contribution in [2.24, 2.45) is 0 Å². The van der Waals surface area contributed by atoms with Crippen LogP contribution in [0.1, 0.15) is 20.7 Å². The van der Waals surface area contributed by atoms with Gasteiger partial charge in [0.05, 0.1) is 4.90 Å². The van der Waals surface area contributed by atoms with E-state index in [9.17, 15) is 18.0 Å². The molecule has 0 spiro atoms. The molecule has 0 N–H and O–H groups in total. The fourth-order valence-electron chi connectivity index (χ4n) is 1.40. The molecule has 1 aromatic carbocycles. The maximum Gasteiger partial charge on any atom is 0.186 e. The lowest BCUT2D eigenvalue weighted by Gasteiger charge is -2.08. The first kappa shape index (κ1) is 9.79. The highest BCUT2D eigenvalue weighted by atomic mass is 32.2. The Morgan fingerprint density at radius 1 is 0.867 bits per heavy atom. The molecule has 1 aromatic rings. The molecule has 0 aliphatic heterocycles. The second-order valence-corrected chi connectivity index (χ2v) is 4.08. The molecule has 2 rings (SSSR count). The lowest BCUT2D eigenvalue weighted by Crippen LogP contribution is -2.11. The van der Waals surface area contributed by atoms with E-state index in [2.05, 4.69) is 0 Å². The van der Waals surface area contributed by atoms with Crippen LogP contribution >= 0.6 is 0 Å². The molecule has 76 valence electrons. The Hall–Kier alpha value is -1.75. The summed E-state index contributed by atoms with van der Waals surface area (Å²) in [5.41, 5.74) is 0.405. The molecule has 0 fully saturated rings. The van der Waals surface area contributed by atoms with Crippen molar-refractivity contribution in [3.63, 3.8) is 0 Å². The van der Waals surface area contributed by atoms with Gasteiger partial charge in [0.1, 0.15) is 0 Å². The molecular weight excluding hydrogens is 216 g/mol. The average molecular weight is 222 g/mol. The number of allylic oxidation sites excluding steroid dienone is 2. The normalized spacial score (nSPS) is 14.5. The number of thiol groups is 1. The Kier molecular flexibility index (Phi) is 2.24. The Balaban J connectivity index is 2.68. The first-order chi connectivity index (χ1) is 7.09. The fourth-order valence-corrected chi connectivity index (χ4v) is 1.83. The van der Waals surface area contributed by atoms with Crippen LogP contribution in [0.4, 0.5) is 0 Å². The molecule has 0 unspecified atom stereocenters. The number of rotatable bonds is 1. The highest BCUT2D eigenvalue weighted by Crippen LogP contribution is 2.18. The number of carbonyl (C=O) groups is 2. The molecule has 0 atom stereocenters. The van der Waals surface area contributed by atoms with Gasteiger partial charge < -0.3 is 0 Å². The molecule has 0 amide bonds. The number of fused-ring (bicyclic) bond motifs is 1. The van der Waals surface area contributed by atoms with Crippen LogP contribution in [0.3, 0.4) is 0 Å². The Labute approximate surface area is 87.2 Å². The monoisotopic (exact) mass is 222 g/mol. The first-order valence-corrected chi connectivity index (χ1v) is 5.32. The molecule has 1 aliphatic carbocycles. The van der Waals surface area contributed by atoms with E-state index < -0.39 is 10.7 Å². The minimum Gasteiger partial charge on any atom is -0.289 e. The van der Waals surface area contributed by atoms with Crippen LogP contribution in [-0.2, 0) is 10.7 Å². The van der Waals surface area contributed by atoms with E-state index in [-0.39, 0.29) is 27.6 Å². The second kappa shape index (κ2) is 3.43. The van der Waals surface area contributed by atoms with Crippen LogP contribution < -0.4 is 0 Å². The quantitative estimate of drug-likeness (QED) is 0.706. The highest BCUT2D eigenvalue weighted by molar-refractivity contribution is 7.72. The maximum atomic E-state index is 11.4. The zero-order valence-electron chi connectivity index (χ0n) is 7.47. The van der Waals surface area contributed by atoms with E-state index in [1.54, 1.807) is 0 Å². The van der Waals surface area contributed by atoms with Crippen LogP contribution in [0, 0.1) is 0 Å². The van der Waals surface area contributed by atoms with E-state index in [0.717, 1.165) is 6.08 Å². The van der Waals surface area contributed by atoms with Gasteiger partial charge >= 0.3 is 0 Å². The van der Waals surface area contributed by atoms with E-state index in [1.165, 1.54) is 24.3 Å². The van der Waals surface area contributed by atoms with Crippen LogP contribution in [0.15, 0.2) is 35.2 Å². The SMILES string of the molecule is O=C1C=CC(=O)c2cc([SH](=O)=O)ccc21. The predicted molar refractivity (Wildman–Crippen MR) is 52.8 cm³/mol. The summed E-state index contributed by atoms with van der Waals surface area (Å²) in [6.07, 6.45) is 2.33. The molecule has 0 radical (unpaired) electrons. The summed E-state index contributed by atoms with van der Waals surface area (Å²) in [6, 6.07) is 3.90. The van der Waals surface area contributed by atoms with Gasteiger partial charge in [-0.05, 0) is 30.4 Å². The summed E-state index contributed by atoms with van der Waals surface area (Å²) in [4.78, 5) is 22.7. The van der Waals surface area contributed by atoms with Gasteiger partial charge in [0, 0.05) is 11.1 Å². The van der Waals surface area contributed by atoms with Crippen molar-refractivity contribution in [3.05, 3.63) is 41.5 Å². The predicted octanol–water partition coefficient (Wildman–Crippen LogP) is 0.592. The number of benzene rings is 1. The van der Waals surface area contributed by atoms with Gasteiger partial charge in [-0.1, -0.05) is 0 Å². The van der Waals surface area contributed by atoms with Gasteiger partial charge in [-0.2, -0.15) is 0 Å². The average Bonchev–Trinajstić information content (AvgIpc) is 2.23. The van der Waals surface area contributed by atoms with Gasteiger partial charge in [0.2, 0.25) is 0 Å². The van der Waals surface area contributed by atoms with Crippen LogP contribution in [0.5, 0.6) is 0 Å². The van der Waals surface area contributed by atoms with Crippen LogP contribution in [0.25, 0.3) is 0 Å². The zero-order valence-corrected chi connectivity index (χ0v) is 8.36. The third kappa shape index (κ3) is 1.61. The molecule has 0 bridgehead atoms. The van der Waals surface area contributed by atoms with Crippen molar-refractivity contribution in [3.8, 4) is 0 Å². The minimum absolute atomic E-state index is 0.0419. The fraction of sp³-hybridized carbons (Fsp3) is 0. The molecule has 0 saturated heterocycles. The Morgan fingerprint density at radius 3 is 2.07 bits per heavy atom. The maximum absolute atomic E-state index is 11.4. The lowest BCUT2D eigenvalue weighted by molar-refractivity contribution is 0.0994. The Bertz CT molecular complexity index is 559. The molecule has 0 saturated carbocycles.